The van der Waals surface area contributed by atoms with Gasteiger partial charge in [-0.25, -0.2) is 19.9 Å². The number of aromatic nitrogens is 6. The highest BCUT2D eigenvalue weighted by atomic mass is 79.9. The lowest BCUT2D eigenvalue weighted by molar-refractivity contribution is -0.112. The molecule has 4 aromatic carbocycles. The summed E-state index contributed by atoms with van der Waals surface area (Å²) in [6.45, 7) is 4.83. The first-order valence-corrected chi connectivity index (χ1v) is 28.7. The predicted octanol–water partition coefficient (Wildman–Crippen LogP) is 11.8. The summed E-state index contributed by atoms with van der Waals surface area (Å²) in [7, 11) is 3.88. The third-order valence-corrected chi connectivity index (χ3v) is 14.6. The average molecular weight is 1220 g/mol. The van der Waals surface area contributed by atoms with Gasteiger partial charge in [-0.3, -0.25) is 19.2 Å². The Bertz CT molecular complexity index is 3500. The largest absolute Gasteiger partial charge is 0.399 e. The standard InChI is InChI=1S/C31H34ClN7O2.C25H25ClN6O.C4H4BrClO/c1-38(2)15-6-10-28(40)36-23-13-11-22(12-14-23)30(41)39-16-5-7-21(20-39)17-34-31-35-19-26(32)29(37-31)25-18-33-27-9-4-3-8-24(25)27;26-21-14-30-25(31-23(21)20-13-28-22-6-2-1-5-19(20)22)29-12-16-4-3-11-32(15-16)24(33)17-7-9-18(27)10-8-17;5-3-1-2-4(6)7/h3-4,6,8-14,18-19,21,33H,5,7,15-17,20H2,1-2H3,(H,36,40)(H,34,35,37);1-2,5-10,13-14,16,28H,3-4,11-12,15,27H2,(H,29,30,31);1-2H,3H2/b10-6+;;2-1+. The van der Waals surface area contributed by atoms with Crippen LogP contribution >= 0.6 is 50.7 Å². The number of anilines is 4. The third-order valence-electron chi connectivity index (χ3n) is 13.5. The lowest BCUT2D eigenvalue weighted by Crippen LogP contribution is -2.41. The van der Waals surface area contributed by atoms with E-state index in [0.29, 0.717) is 106 Å². The second-order valence-corrected chi connectivity index (χ2v) is 21.6. The number of carbonyl (C=O) groups is 4. The number of nitrogens with one attached hydrogen (secondary N) is 5. The van der Waals surface area contributed by atoms with Crippen molar-refractivity contribution in [3.63, 3.8) is 0 Å². The van der Waals surface area contributed by atoms with E-state index in [4.69, 9.17) is 50.5 Å². The number of amides is 3. The highest BCUT2D eigenvalue weighted by molar-refractivity contribution is 9.09. The Kier molecular flexibility index (Phi) is 21.5. The summed E-state index contributed by atoms with van der Waals surface area (Å²) in [6.07, 6.45) is 17.3. The second-order valence-electron chi connectivity index (χ2n) is 19.8. The third kappa shape index (κ3) is 16.7. The molecule has 2 unspecified atom stereocenters. The van der Waals surface area contributed by atoms with Gasteiger partial charge < -0.3 is 46.4 Å². The van der Waals surface area contributed by atoms with Crippen LogP contribution in [0.25, 0.3) is 44.3 Å². The maximum absolute atomic E-state index is 13.2. The number of hydrogen-bond acceptors (Lipinski definition) is 12. The summed E-state index contributed by atoms with van der Waals surface area (Å²) in [5.74, 6) is 1.44. The van der Waals surface area contributed by atoms with Crippen molar-refractivity contribution in [1.29, 1.82) is 0 Å². The van der Waals surface area contributed by atoms with Crippen LogP contribution in [-0.2, 0) is 9.59 Å². The Morgan fingerprint density at radius 3 is 1.63 bits per heavy atom. The van der Waals surface area contributed by atoms with Gasteiger partial charge in [-0.05, 0) is 130 Å². The average Bonchev–Trinajstić information content (AvgIpc) is 4.15. The molecule has 21 heteroatoms. The summed E-state index contributed by atoms with van der Waals surface area (Å²) in [6, 6.07) is 30.2. The number of benzene rings is 4. The lowest BCUT2D eigenvalue weighted by atomic mass is 9.97. The van der Waals surface area contributed by atoms with Gasteiger partial charge in [0.25, 0.3) is 11.8 Å². The Labute approximate surface area is 493 Å². The van der Waals surface area contributed by atoms with Crippen molar-refractivity contribution in [3.8, 4) is 22.5 Å². The molecule has 0 saturated carbocycles. The minimum absolute atomic E-state index is 0.0113. The molecule has 7 N–H and O–H groups in total. The molecule has 2 atom stereocenters. The SMILES string of the molecule is CN(C)C/C=C/C(=O)Nc1ccc(C(=O)N2CCCC(CNc3ncc(Cl)c(-c4c[nH]c5ccccc45)n3)C2)cc1.Nc1ccc(C(=O)N2CCCC(CNc3ncc(Cl)c(-c4c[nH]c5ccccc45)n3)C2)cc1.O=C(Cl)/C=C/CBr. The maximum Gasteiger partial charge on any atom is 0.253 e. The number of nitrogens with two attached hydrogens (primary N) is 1. The lowest BCUT2D eigenvalue weighted by Gasteiger charge is -2.33. The van der Waals surface area contributed by atoms with Crippen molar-refractivity contribution in [2.24, 2.45) is 11.8 Å². The number of likely N-dealkylation sites (N-methyl/N-ethyl adjacent to an activating group) is 1. The first-order valence-electron chi connectivity index (χ1n) is 26.5. The fraction of sp³-hybridized carbons (Fsp3) is 0.267. The molecular formula is C60H63BrCl3N13O4. The highest BCUT2D eigenvalue weighted by Crippen LogP contribution is 2.34. The molecule has 10 rings (SSSR count). The normalized spacial score (nSPS) is 15.3. The molecule has 2 fully saturated rings. The van der Waals surface area contributed by atoms with Gasteiger partial charge in [-0.15, -0.1) is 0 Å². The minimum Gasteiger partial charge on any atom is -0.399 e. The van der Waals surface area contributed by atoms with Gasteiger partial charge in [0.1, 0.15) is 0 Å². The molecule has 8 aromatic rings. The summed E-state index contributed by atoms with van der Waals surface area (Å²) >= 11 is 20.9. The molecule has 0 aliphatic carbocycles. The molecule has 420 valence electrons. The Morgan fingerprint density at radius 1 is 0.691 bits per heavy atom. The van der Waals surface area contributed by atoms with Gasteiger partial charge in [0.05, 0.1) is 33.8 Å². The Balaban J connectivity index is 0.000000193. The van der Waals surface area contributed by atoms with E-state index in [0.717, 1.165) is 65.2 Å². The number of allylic oxidation sites excluding steroid dienone is 2. The van der Waals surface area contributed by atoms with E-state index in [2.05, 4.69) is 51.8 Å². The van der Waals surface area contributed by atoms with Crippen LogP contribution < -0.4 is 21.7 Å². The van der Waals surface area contributed by atoms with Crippen molar-refractivity contribution < 1.29 is 19.2 Å². The summed E-state index contributed by atoms with van der Waals surface area (Å²) in [5.41, 5.74) is 13.6. The van der Waals surface area contributed by atoms with Crippen LogP contribution in [0.2, 0.25) is 10.0 Å². The first kappa shape index (κ1) is 59.5. The summed E-state index contributed by atoms with van der Waals surface area (Å²) in [4.78, 5) is 78.5. The maximum atomic E-state index is 13.2. The second kappa shape index (κ2) is 29.2. The number of rotatable bonds is 16. The van der Waals surface area contributed by atoms with Gasteiger partial charge in [0.15, 0.2) is 0 Å². The topological polar surface area (TPSA) is 223 Å². The number of hydrogen-bond donors (Lipinski definition) is 6. The monoisotopic (exact) mass is 1210 g/mol. The van der Waals surface area contributed by atoms with Gasteiger partial charge in [-0.2, -0.15) is 0 Å². The number of nitrogen functional groups attached to an aromatic ring is 1. The van der Waals surface area contributed by atoms with Crippen LogP contribution in [0, 0.1) is 11.8 Å². The molecule has 4 aromatic heterocycles. The van der Waals surface area contributed by atoms with Crippen LogP contribution in [0.4, 0.5) is 23.3 Å². The fourth-order valence-electron chi connectivity index (χ4n) is 9.50. The van der Waals surface area contributed by atoms with Gasteiger partial charge in [0.2, 0.25) is 23.0 Å². The van der Waals surface area contributed by atoms with E-state index in [1.807, 2.05) is 89.7 Å². The zero-order valence-electron chi connectivity index (χ0n) is 44.8. The van der Waals surface area contributed by atoms with Gasteiger partial charge in [-0.1, -0.05) is 87.7 Å². The van der Waals surface area contributed by atoms with Gasteiger partial charge in [0, 0.05) is 125 Å². The number of alkyl halides is 1. The van der Waals surface area contributed by atoms with Crippen LogP contribution in [-0.4, -0.2) is 133 Å². The zero-order valence-corrected chi connectivity index (χ0v) is 48.7. The Morgan fingerprint density at radius 2 is 1.17 bits per heavy atom. The van der Waals surface area contributed by atoms with E-state index in [1.54, 1.807) is 73.1 Å². The minimum atomic E-state index is -0.431. The number of nitrogens with zero attached hydrogens (tertiary/aromatic N) is 7. The quantitative estimate of drug-likeness (QED) is 0.0230. The number of likely N-dealkylation sites (tertiary alicyclic amines) is 2. The number of H-pyrrole nitrogens is 2. The van der Waals surface area contributed by atoms with Crippen LogP contribution in [0.15, 0.2) is 146 Å². The summed E-state index contributed by atoms with van der Waals surface area (Å²) in [5, 5.41) is 12.9. The van der Waals surface area contributed by atoms with Crippen molar-refractivity contribution in [2.45, 2.75) is 25.7 Å². The fourth-order valence-corrected chi connectivity index (χ4v) is 10.2. The van der Waals surface area contributed by atoms with Crippen molar-refractivity contribution in [2.75, 3.05) is 86.9 Å². The number of aromatic amines is 2. The van der Waals surface area contributed by atoms with E-state index < -0.39 is 5.24 Å². The zero-order chi connectivity index (χ0) is 57.3. The predicted molar refractivity (Wildman–Crippen MR) is 330 cm³/mol. The van der Waals surface area contributed by atoms with E-state index in [-0.39, 0.29) is 23.6 Å². The molecule has 81 heavy (non-hydrogen) atoms. The van der Waals surface area contributed by atoms with E-state index >= 15 is 0 Å². The van der Waals surface area contributed by atoms with Crippen molar-refractivity contribution in [1.82, 2.24) is 44.6 Å². The molecule has 2 saturated heterocycles. The molecule has 17 nitrogen and oxygen atoms in total. The molecule has 2 aliphatic rings. The molecule has 0 radical (unpaired) electrons. The Hall–Kier alpha value is -7.61. The first-order chi connectivity index (χ1) is 39.2. The molecule has 2 aliphatic heterocycles. The number of fused-ring (bicyclic) bond motifs is 2. The number of para-hydroxylation sites is 2. The molecule has 0 spiro atoms. The summed E-state index contributed by atoms with van der Waals surface area (Å²) < 4.78 is 0. The highest BCUT2D eigenvalue weighted by Gasteiger charge is 2.27. The smallest absolute Gasteiger partial charge is 0.253 e. The van der Waals surface area contributed by atoms with Crippen molar-refractivity contribution >= 4 is 119 Å². The van der Waals surface area contributed by atoms with Crippen LogP contribution in [0.1, 0.15) is 46.4 Å². The van der Waals surface area contributed by atoms with Crippen LogP contribution in [0.5, 0.6) is 0 Å². The number of piperidine rings is 2. The number of carbonyl (C=O) groups excluding carboxylic acids is 4. The molecular weight excluding hydrogens is 1150 g/mol. The molecule has 3 amide bonds. The van der Waals surface area contributed by atoms with E-state index in [1.165, 1.54) is 12.2 Å². The molecule has 6 heterocycles. The van der Waals surface area contributed by atoms with Crippen LogP contribution in [0.3, 0.4) is 0 Å². The number of halogens is 4. The molecule has 0 bridgehead atoms. The van der Waals surface area contributed by atoms with Gasteiger partial charge >= 0.3 is 0 Å². The van der Waals surface area contributed by atoms with Crippen molar-refractivity contribution in [3.05, 3.63) is 167 Å². The van der Waals surface area contributed by atoms with E-state index in [9.17, 15) is 19.2 Å².